The van der Waals surface area contributed by atoms with Gasteiger partial charge in [0.2, 0.25) is 5.91 Å². The summed E-state index contributed by atoms with van der Waals surface area (Å²) in [6.07, 6.45) is 0.341. The Bertz CT molecular complexity index is 457. The number of aromatic carboxylic acids is 1. The molecule has 2 N–H and O–H groups in total. The van der Waals surface area contributed by atoms with Gasteiger partial charge in [0, 0.05) is 25.2 Å². The van der Waals surface area contributed by atoms with Crippen LogP contribution in [0.3, 0.4) is 0 Å². The molecule has 0 bridgehead atoms. The third-order valence-electron chi connectivity index (χ3n) is 2.82. The Labute approximate surface area is 118 Å². The average Bonchev–Trinajstić information content (AvgIpc) is 2.42. The van der Waals surface area contributed by atoms with E-state index < -0.39 is 5.97 Å². The molecular formula is C14H20N2O4. The minimum Gasteiger partial charge on any atom is -0.478 e. The highest BCUT2D eigenvalue weighted by Crippen LogP contribution is 2.16. The number of carbonyl (C=O) groups excluding carboxylic acids is 1. The van der Waals surface area contributed by atoms with Crippen molar-refractivity contribution in [1.29, 1.82) is 0 Å². The molecule has 0 aliphatic rings. The van der Waals surface area contributed by atoms with Crippen molar-refractivity contribution in [3.05, 3.63) is 29.8 Å². The topological polar surface area (TPSA) is 81.1 Å². The number of benzene rings is 1. The molecule has 0 aliphatic carbocycles. The number of aliphatic hydroxyl groups is 1. The van der Waals surface area contributed by atoms with Crippen molar-refractivity contribution in [1.82, 2.24) is 4.90 Å². The van der Waals surface area contributed by atoms with Gasteiger partial charge in [0.25, 0.3) is 0 Å². The first-order valence-corrected chi connectivity index (χ1v) is 6.35. The maximum Gasteiger partial charge on any atom is 0.335 e. The lowest BCUT2D eigenvalue weighted by Crippen LogP contribution is -2.35. The van der Waals surface area contributed by atoms with E-state index in [9.17, 15) is 9.59 Å². The van der Waals surface area contributed by atoms with E-state index in [2.05, 4.69) is 0 Å². The van der Waals surface area contributed by atoms with Crippen LogP contribution in [0.4, 0.5) is 5.69 Å². The van der Waals surface area contributed by atoms with Crippen molar-refractivity contribution in [2.75, 3.05) is 38.7 Å². The Kier molecular flexibility index (Phi) is 6.14. The van der Waals surface area contributed by atoms with Gasteiger partial charge in [-0.3, -0.25) is 4.79 Å². The number of nitrogens with zero attached hydrogens (tertiary/aromatic N) is 2. The zero-order valence-electron chi connectivity index (χ0n) is 11.7. The zero-order chi connectivity index (χ0) is 15.1. The number of amides is 1. The summed E-state index contributed by atoms with van der Waals surface area (Å²) in [5, 5.41) is 17.9. The lowest BCUT2D eigenvalue weighted by atomic mass is 10.2. The highest BCUT2D eigenvalue weighted by atomic mass is 16.4. The molecule has 0 heterocycles. The van der Waals surface area contributed by atoms with Gasteiger partial charge in [-0.1, -0.05) is 0 Å². The normalized spacial score (nSPS) is 10.6. The first-order chi connectivity index (χ1) is 9.45. The molecule has 0 unspecified atom stereocenters. The summed E-state index contributed by atoms with van der Waals surface area (Å²) >= 11 is 0. The quantitative estimate of drug-likeness (QED) is 0.767. The highest BCUT2D eigenvalue weighted by Gasteiger charge is 2.15. The van der Waals surface area contributed by atoms with E-state index in [-0.39, 0.29) is 24.6 Å². The van der Waals surface area contributed by atoms with Gasteiger partial charge in [-0.25, -0.2) is 4.79 Å². The predicted octanol–water partition coefficient (Wildman–Crippen LogP) is 0.662. The second-order valence-corrected chi connectivity index (χ2v) is 4.67. The van der Waals surface area contributed by atoms with Crippen molar-refractivity contribution in [2.45, 2.75) is 6.42 Å². The van der Waals surface area contributed by atoms with Crippen LogP contribution in [0, 0.1) is 0 Å². The van der Waals surface area contributed by atoms with E-state index >= 15 is 0 Å². The van der Waals surface area contributed by atoms with E-state index in [0.717, 1.165) is 0 Å². The number of carboxylic acids is 1. The monoisotopic (exact) mass is 280 g/mol. The Morgan fingerprint density at radius 2 is 1.70 bits per heavy atom. The molecule has 0 aliphatic heterocycles. The van der Waals surface area contributed by atoms with E-state index in [1.807, 2.05) is 19.0 Å². The van der Waals surface area contributed by atoms with Crippen LogP contribution in [0.5, 0.6) is 0 Å². The maximum atomic E-state index is 12.1. The van der Waals surface area contributed by atoms with Gasteiger partial charge in [-0.2, -0.15) is 0 Å². The van der Waals surface area contributed by atoms with Crippen LogP contribution in [0.15, 0.2) is 24.3 Å². The molecule has 1 rings (SSSR count). The number of hydrogen-bond donors (Lipinski definition) is 2. The van der Waals surface area contributed by atoms with E-state index in [1.54, 1.807) is 12.1 Å². The molecule has 6 heteroatoms. The molecule has 0 atom stereocenters. The number of anilines is 1. The molecule has 0 saturated heterocycles. The number of rotatable bonds is 7. The standard InChI is InChI=1S/C14H20N2O4/c1-15(2)8-7-13(18)16(9-10-17)12-5-3-11(4-6-12)14(19)20/h3-6,17H,7-10H2,1-2H3,(H,19,20). The highest BCUT2D eigenvalue weighted by molar-refractivity contribution is 5.94. The summed E-state index contributed by atoms with van der Waals surface area (Å²) in [7, 11) is 3.76. The molecule has 6 nitrogen and oxygen atoms in total. The van der Waals surface area contributed by atoms with E-state index in [0.29, 0.717) is 18.7 Å². The molecule has 20 heavy (non-hydrogen) atoms. The van der Waals surface area contributed by atoms with Crippen LogP contribution in [-0.2, 0) is 4.79 Å². The molecular weight excluding hydrogens is 260 g/mol. The third-order valence-corrected chi connectivity index (χ3v) is 2.82. The molecule has 1 aromatic rings. The first kappa shape index (κ1) is 16.1. The van der Waals surface area contributed by atoms with Gasteiger partial charge in [-0.15, -0.1) is 0 Å². The van der Waals surface area contributed by atoms with Gasteiger partial charge < -0.3 is 20.0 Å². The fourth-order valence-corrected chi connectivity index (χ4v) is 1.74. The SMILES string of the molecule is CN(C)CCC(=O)N(CCO)c1ccc(C(=O)O)cc1. The second kappa shape index (κ2) is 7.62. The predicted molar refractivity (Wildman–Crippen MR) is 76.0 cm³/mol. The van der Waals surface area contributed by atoms with Crippen LogP contribution in [0.1, 0.15) is 16.8 Å². The first-order valence-electron chi connectivity index (χ1n) is 6.35. The zero-order valence-corrected chi connectivity index (χ0v) is 11.7. The Morgan fingerprint density at radius 3 is 2.15 bits per heavy atom. The molecule has 1 aromatic carbocycles. The van der Waals surface area contributed by atoms with E-state index in [4.69, 9.17) is 10.2 Å². The summed E-state index contributed by atoms with van der Waals surface area (Å²) in [4.78, 5) is 26.3. The fraction of sp³-hybridized carbons (Fsp3) is 0.429. The summed E-state index contributed by atoms with van der Waals surface area (Å²) < 4.78 is 0. The summed E-state index contributed by atoms with van der Waals surface area (Å²) in [6, 6.07) is 6.04. The van der Waals surface area contributed by atoms with Gasteiger partial charge in [0.1, 0.15) is 0 Å². The van der Waals surface area contributed by atoms with Crippen LogP contribution in [0.2, 0.25) is 0 Å². The fourth-order valence-electron chi connectivity index (χ4n) is 1.74. The molecule has 0 fully saturated rings. The van der Waals surface area contributed by atoms with Crippen LogP contribution in [-0.4, -0.2) is 60.8 Å². The van der Waals surface area contributed by atoms with Crippen molar-refractivity contribution in [2.24, 2.45) is 0 Å². The summed E-state index contributed by atoms with van der Waals surface area (Å²) in [6.45, 7) is 0.668. The van der Waals surface area contributed by atoms with Gasteiger partial charge in [0.15, 0.2) is 0 Å². The molecule has 0 spiro atoms. The van der Waals surface area contributed by atoms with Crippen LogP contribution < -0.4 is 4.90 Å². The molecule has 0 aromatic heterocycles. The summed E-state index contributed by atoms with van der Waals surface area (Å²) in [5.41, 5.74) is 0.756. The minimum absolute atomic E-state index is 0.101. The number of hydrogen-bond acceptors (Lipinski definition) is 4. The second-order valence-electron chi connectivity index (χ2n) is 4.67. The molecule has 1 amide bonds. The van der Waals surface area contributed by atoms with Crippen molar-refractivity contribution in [3.8, 4) is 0 Å². The van der Waals surface area contributed by atoms with Gasteiger partial charge in [0.05, 0.1) is 12.2 Å². The lowest BCUT2D eigenvalue weighted by Gasteiger charge is -2.23. The number of carbonyl (C=O) groups is 2. The Hall–Kier alpha value is -1.92. The Balaban J connectivity index is 2.84. The lowest BCUT2D eigenvalue weighted by molar-refractivity contribution is -0.119. The number of aliphatic hydroxyl groups excluding tert-OH is 1. The maximum absolute atomic E-state index is 12.1. The third kappa shape index (κ3) is 4.64. The van der Waals surface area contributed by atoms with Crippen molar-refractivity contribution in [3.63, 3.8) is 0 Å². The largest absolute Gasteiger partial charge is 0.478 e. The number of carboxylic acid groups (broad SMARTS) is 1. The van der Waals surface area contributed by atoms with Crippen molar-refractivity contribution < 1.29 is 19.8 Å². The molecule has 110 valence electrons. The minimum atomic E-state index is -1.01. The van der Waals surface area contributed by atoms with Crippen LogP contribution >= 0.6 is 0 Å². The molecule has 0 radical (unpaired) electrons. The molecule has 0 saturated carbocycles. The average molecular weight is 280 g/mol. The van der Waals surface area contributed by atoms with E-state index in [1.165, 1.54) is 17.0 Å². The van der Waals surface area contributed by atoms with Gasteiger partial charge in [-0.05, 0) is 38.4 Å². The van der Waals surface area contributed by atoms with Crippen LogP contribution in [0.25, 0.3) is 0 Å². The van der Waals surface area contributed by atoms with Gasteiger partial charge >= 0.3 is 5.97 Å². The smallest absolute Gasteiger partial charge is 0.335 e. The van der Waals surface area contributed by atoms with Crippen molar-refractivity contribution >= 4 is 17.6 Å². The summed E-state index contributed by atoms with van der Waals surface area (Å²) in [5.74, 6) is -1.11. The Morgan fingerprint density at radius 1 is 1.10 bits per heavy atom.